The Morgan fingerprint density at radius 2 is 1.91 bits per heavy atom. The molecule has 0 bridgehead atoms. The summed E-state index contributed by atoms with van der Waals surface area (Å²) in [4.78, 5) is 12.6. The van der Waals surface area contributed by atoms with Crippen LogP contribution in [0.5, 0.6) is 5.75 Å². The molecule has 122 valence electrons. The first-order valence-corrected chi connectivity index (χ1v) is 8.23. The van der Waals surface area contributed by atoms with Gasteiger partial charge in [0, 0.05) is 16.7 Å². The Hall–Kier alpha value is -1.85. The Kier molecular flexibility index (Phi) is 5.80. The molecule has 0 radical (unpaired) electrons. The van der Waals surface area contributed by atoms with Gasteiger partial charge in [0.25, 0.3) is 0 Å². The van der Waals surface area contributed by atoms with Gasteiger partial charge in [-0.15, -0.1) is 0 Å². The maximum atomic E-state index is 12.6. The first-order valence-electron chi connectivity index (χ1n) is 7.44. The van der Waals surface area contributed by atoms with E-state index in [1.165, 1.54) is 0 Å². The molecule has 3 N–H and O–H groups in total. The Labute approximate surface area is 145 Å². The van der Waals surface area contributed by atoms with Crippen LogP contribution in [0.15, 0.2) is 53.0 Å². The van der Waals surface area contributed by atoms with E-state index < -0.39 is 5.41 Å². The molecule has 5 heteroatoms. The number of carbonyl (C=O) groups excluding carboxylic acids is 1. The summed E-state index contributed by atoms with van der Waals surface area (Å²) in [7, 11) is 0. The third kappa shape index (κ3) is 4.56. The van der Waals surface area contributed by atoms with Gasteiger partial charge in [0.2, 0.25) is 5.91 Å². The van der Waals surface area contributed by atoms with Crippen molar-refractivity contribution in [3.8, 4) is 5.75 Å². The van der Waals surface area contributed by atoms with Crippen LogP contribution in [0.1, 0.15) is 19.4 Å². The fourth-order valence-corrected chi connectivity index (χ4v) is 2.51. The molecule has 0 aromatic heterocycles. The van der Waals surface area contributed by atoms with Crippen LogP contribution in [-0.2, 0) is 10.2 Å². The van der Waals surface area contributed by atoms with Crippen LogP contribution < -0.4 is 15.8 Å². The third-order valence-electron chi connectivity index (χ3n) is 3.61. The molecule has 0 aliphatic carbocycles. The number of hydrogen-bond donors (Lipinski definition) is 2. The van der Waals surface area contributed by atoms with Gasteiger partial charge in [0.15, 0.2) is 0 Å². The zero-order valence-electron chi connectivity index (χ0n) is 13.3. The van der Waals surface area contributed by atoms with E-state index in [-0.39, 0.29) is 5.91 Å². The van der Waals surface area contributed by atoms with Gasteiger partial charge in [0.05, 0.1) is 5.41 Å². The summed E-state index contributed by atoms with van der Waals surface area (Å²) in [5, 5.41) is 2.95. The average Bonchev–Trinajstić information content (AvgIpc) is 2.54. The van der Waals surface area contributed by atoms with Crippen molar-refractivity contribution >= 4 is 27.5 Å². The molecule has 4 nitrogen and oxygen atoms in total. The van der Waals surface area contributed by atoms with Crippen LogP contribution in [0.3, 0.4) is 0 Å². The Bertz CT molecular complexity index is 669. The Morgan fingerprint density at radius 3 is 2.52 bits per heavy atom. The smallest absolute Gasteiger partial charge is 0.234 e. The number of rotatable bonds is 6. The molecule has 0 aliphatic rings. The lowest BCUT2D eigenvalue weighted by molar-refractivity contribution is -0.120. The van der Waals surface area contributed by atoms with Gasteiger partial charge in [-0.3, -0.25) is 4.79 Å². The van der Waals surface area contributed by atoms with Crippen molar-refractivity contribution in [2.24, 2.45) is 5.73 Å². The predicted molar refractivity (Wildman–Crippen MR) is 96.8 cm³/mol. The van der Waals surface area contributed by atoms with Crippen LogP contribution in [0, 0.1) is 0 Å². The molecule has 0 atom stereocenters. The molecule has 0 unspecified atom stereocenters. The summed E-state index contributed by atoms with van der Waals surface area (Å²) in [5.41, 5.74) is 6.45. The van der Waals surface area contributed by atoms with E-state index in [4.69, 9.17) is 10.5 Å². The maximum Gasteiger partial charge on any atom is 0.234 e. The second-order valence-corrected chi connectivity index (χ2v) is 6.67. The Morgan fingerprint density at radius 1 is 1.22 bits per heavy atom. The van der Waals surface area contributed by atoms with E-state index in [9.17, 15) is 4.79 Å². The number of nitrogens with two attached hydrogens (primary N) is 1. The summed E-state index contributed by atoms with van der Waals surface area (Å²) in [6, 6.07) is 15.1. The quantitative estimate of drug-likeness (QED) is 0.807. The molecule has 2 aromatic carbocycles. The zero-order chi connectivity index (χ0) is 16.9. The number of carbonyl (C=O) groups is 1. The summed E-state index contributed by atoms with van der Waals surface area (Å²) in [6.45, 7) is 4.76. The highest BCUT2D eigenvalue weighted by molar-refractivity contribution is 9.10. The molecule has 0 aliphatic heterocycles. The van der Waals surface area contributed by atoms with E-state index in [1.54, 1.807) is 0 Å². The van der Waals surface area contributed by atoms with Gasteiger partial charge in [-0.1, -0.05) is 28.1 Å². The SMILES string of the molecule is CC(C)(C(=O)Nc1ccc(OCCN)cc1)c1cccc(Br)c1. The van der Waals surface area contributed by atoms with Gasteiger partial charge >= 0.3 is 0 Å². The minimum atomic E-state index is -0.640. The minimum absolute atomic E-state index is 0.0637. The standard InChI is InChI=1S/C18H21BrN2O2/c1-18(2,13-4-3-5-14(19)12-13)17(22)21-15-6-8-16(9-7-15)23-11-10-20/h3-9,12H,10-11,20H2,1-2H3,(H,21,22). The molecule has 0 heterocycles. The van der Waals surface area contributed by atoms with E-state index in [0.29, 0.717) is 13.2 Å². The average molecular weight is 377 g/mol. The maximum absolute atomic E-state index is 12.6. The summed E-state index contributed by atoms with van der Waals surface area (Å²) < 4.78 is 6.38. The lowest BCUT2D eigenvalue weighted by atomic mass is 9.83. The van der Waals surface area contributed by atoms with Crippen LogP contribution in [0.25, 0.3) is 0 Å². The summed E-state index contributed by atoms with van der Waals surface area (Å²) >= 11 is 3.44. The van der Waals surface area contributed by atoms with Crippen molar-refractivity contribution in [2.75, 3.05) is 18.5 Å². The second kappa shape index (κ2) is 7.62. The van der Waals surface area contributed by atoms with Crippen LogP contribution in [-0.4, -0.2) is 19.1 Å². The van der Waals surface area contributed by atoms with Crippen molar-refractivity contribution in [1.29, 1.82) is 0 Å². The molecule has 1 amide bonds. The predicted octanol–water partition coefficient (Wildman–Crippen LogP) is 3.70. The van der Waals surface area contributed by atoms with Gasteiger partial charge in [-0.05, 0) is 55.8 Å². The first kappa shape index (κ1) is 17.5. The molecule has 2 aromatic rings. The number of anilines is 1. The molecule has 23 heavy (non-hydrogen) atoms. The van der Waals surface area contributed by atoms with E-state index in [0.717, 1.165) is 21.5 Å². The minimum Gasteiger partial charge on any atom is -0.492 e. The van der Waals surface area contributed by atoms with Crippen molar-refractivity contribution in [3.63, 3.8) is 0 Å². The highest BCUT2D eigenvalue weighted by Gasteiger charge is 2.29. The summed E-state index contributed by atoms with van der Waals surface area (Å²) in [6.07, 6.45) is 0. The second-order valence-electron chi connectivity index (χ2n) is 5.75. The van der Waals surface area contributed by atoms with Crippen LogP contribution in [0.4, 0.5) is 5.69 Å². The van der Waals surface area contributed by atoms with Gasteiger partial charge in [-0.2, -0.15) is 0 Å². The van der Waals surface area contributed by atoms with Gasteiger partial charge in [0.1, 0.15) is 12.4 Å². The van der Waals surface area contributed by atoms with Crippen molar-refractivity contribution < 1.29 is 9.53 Å². The largest absolute Gasteiger partial charge is 0.492 e. The summed E-state index contributed by atoms with van der Waals surface area (Å²) in [5.74, 6) is 0.672. The van der Waals surface area contributed by atoms with E-state index in [1.807, 2.05) is 62.4 Å². The first-order chi connectivity index (χ1) is 10.9. The van der Waals surface area contributed by atoms with Crippen molar-refractivity contribution in [3.05, 3.63) is 58.6 Å². The van der Waals surface area contributed by atoms with E-state index in [2.05, 4.69) is 21.2 Å². The lowest BCUT2D eigenvalue weighted by Gasteiger charge is -2.24. The molecule has 2 rings (SSSR count). The normalized spacial score (nSPS) is 11.1. The van der Waals surface area contributed by atoms with Crippen molar-refractivity contribution in [2.45, 2.75) is 19.3 Å². The molecule has 0 saturated carbocycles. The highest BCUT2D eigenvalue weighted by Crippen LogP contribution is 2.27. The monoisotopic (exact) mass is 376 g/mol. The number of nitrogens with one attached hydrogen (secondary N) is 1. The number of benzene rings is 2. The van der Waals surface area contributed by atoms with Gasteiger partial charge < -0.3 is 15.8 Å². The zero-order valence-corrected chi connectivity index (χ0v) is 14.9. The molecule has 0 spiro atoms. The topological polar surface area (TPSA) is 64.3 Å². The molecular formula is C18H21BrN2O2. The van der Waals surface area contributed by atoms with Crippen LogP contribution >= 0.6 is 15.9 Å². The molecule has 0 saturated heterocycles. The number of halogens is 1. The Balaban J connectivity index is 2.08. The van der Waals surface area contributed by atoms with Gasteiger partial charge in [-0.25, -0.2) is 0 Å². The third-order valence-corrected chi connectivity index (χ3v) is 4.11. The van der Waals surface area contributed by atoms with E-state index >= 15 is 0 Å². The molecular weight excluding hydrogens is 356 g/mol. The highest BCUT2D eigenvalue weighted by atomic mass is 79.9. The number of amides is 1. The molecule has 0 fully saturated rings. The number of ether oxygens (including phenoxy) is 1. The van der Waals surface area contributed by atoms with Crippen LogP contribution in [0.2, 0.25) is 0 Å². The number of hydrogen-bond acceptors (Lipinski definition) is 3. The fourth-order valence-electron chi connectivity index (χ4n) is 2.11. The fraction of sp³-hybridized carbons (Fsp3) is 0.278. The lowest BCUT2D eigenvalue weighted by Crippen LogP contribution is -2.34. The van der Waals surface area contributed by atoms with Crippen molar-refractivity contribution in [1.82, 2.24) is 0 Å².